The summed E-state index contributed by atoms with van der Waals surface area (Å²) in [4.78, 5) is 2.29. The van der Waals surface area contributed by atoms with Crippen LogP contribution in [0.25, 0.3) is 43.8 Å². The molecule has 48 heavy (non-hydrogen) atoms. The quantitative estimate of drug-likeness (QED) is 0.172. The molecule has 230 valence electrons. The highest BCUT2D eigenvalue weighted by atomic mass is 16.5. The van der Waals surface area contributed by atoms with Crippen LogP contribution in [-0.2, 0) is 6.61 Å². The lowest BCUT2D eigenvalue weighted by Crippen LogP contribution is -2.09. The molecule has 0 heterocycles. The average molecular weight is 619 g/mol. The Bertz CT molecular complexity index is 2330. The van der Waals surface area contributed by atoms with E-state index in [1.54, 1.807) is 0 Å². The maximum absolute atomic E-state index is 6.67. The number of hydrogen-bond donors (Lipinski definition) is 1. The van der Waals surface area contributed by atoms with Gasteiger partial charge >= 0.3 is 0 Å². The molecule has 0 radical (unpaired) electrons. The third-order valence-corrected chi connectivity index (χ3v) is 8.91. The highest BCUT2D eigenvalue weighted by Crippen LogP contribution is 2.41. The first-order valence-electron chi connectivity index (χ1n) is 16.2. The van der Waals surface area contributed by atoms with E-state index >= 15 is 0 Å². The van der Waals surface area contributed by atoms with Crippen molar-refractivity contribution >= 4 is 44.3 Å². The fourth-order valence-corrected chi connectivity index (χ4v) is 6.49. The number of nitrogen functional groups attached to an aromatic ring is 1. The van der Waals surface area contributed by atoms with Crippen LogP contribution in [0.15, 0.2) is 182 Å². The number of hydrogen-bond acceptors (Lipinski definition) is 3. The Balaban J connectivity index is 1.13. The van der Waals surface area contributed by atoms with Gasteiger partial charge in [0.1, 0.15) is 6.61 Å². The summed E-state index contributed by atoms with van der Waals surface area (Å²) in [6.45, 7) is 0.460. The molecule has 0 saturated heterocycles. The van der Waals surface area contributed by atoms with Crippen molar-refractivity contribution in [1.82, 2.24) is 0 Å². The van der Waals surface area contributed by atoms with Crippen molar-refractivity contribution in [3.05, 3.63) is 188 Å². The molecular formula is C45H34N2O. The van der Waals surface area contributed by atoms with Crippen molar-refractivity contribution in [2.45, 2.75) is 6.61 Å². The van der Waals surface area contributed by atoms with Gasteiger partial charge in [-0.2, -0.15) is 0 Å². The molecule has 0 bridgehead atoms. The van der Waals surface area contributed by atoms with Crippen LogP contribution in [0.2, 0.25) is 0 Å². The molecule has 0 aliphatic carbocycles. The molecule has 0 aliphatic rings. The molecule has 0 aromatic heterocycles. The molecule has 8 rings (SSSR count). The summed E-state index contributed by atoms with van der Waals surface area (Å²) < 4.78 is 6.30. The summed E-state index contributed by atoms with van der Waals surface area (Å²) in [5.41, 5.74) is 16.2. The Hall–Kier alpha value is -6.32. The lowest BCUT2D eigenvalue weighted by Gasteiger charge is -2.26. The van der Waals surface area contributed by atoms with Gasteiger partial charge in [0.25, 0.3) is 0 Å². The Labute approximate surface area is 281 Å². The van der Waals surface area contributed by atoms with E-state index in [1.807, 2.05) is 30.3 Å². The molecule has 3 heteroatoms. The van der Waals surface area contributed by atoms with E-state index in [-0.39, 0.29) is 0 Å². The van der Waals surface area contributed by atoms with Crippen LogP contribution < -0.4 is 15.4 Å². The van der Waals surface area contributed by atoms with Crippen LogP contribution in [0, 0.1) is 0 Å². The summed E-state index contributed by atoms with van der Waals surface area (Å²) in [5.74, 6) is 0.720. The highest BCUT2D eigenvalue weighted by molar-refractivity contribution is 6.04. The minimum atomic E-state index is 0.460. The highest BCUT2D eigenvalue weighted by Gasteiger charge is 2.16. The molecule has 0 spiro atoms. The first kappa shape index (κ1) is 29.1. The average Bonchev–Trinajstić information content (AvgIpc) is 3.15. The molecule has 8 aromatic rings. The number of para-hydroxylation sites is 1. The number of nitrogens with two attached hydrogens (primary N) is 1. The molecule has 0 aliphatic heterocycles. The maximum Gasteiger partial charge on any atom is 0.150 e. The predicted octanol–water partition coefficient (Wildman–Crippen LogP) is 12.0. The molecule has 0 saturated carbocycles. The Morgan fingerprint density at radius 2 is 0.979 bits per heavy atom. The van der Waals surface area contributed by atoms with Crippen LogP contribution in [0.1, 0.15) is 5.56 Å². The standard InChI is InChI=1S/C45H34N2O/c46-44-30-43(41-17-9-10-18-42(41)45(44)48-31-32-11-3-1-4-12-32)35-23-27-40(28-24-35)47(38-15-5-2-6-16-38)39-25-21-34(22-26-39)37-20-19-33-13-7-8-14-36(33)29-37/h1-30H,31,46H2. The van der Waals surface area contributed by atoms with Crippen LogP contribution in [0.3, 0.4) is 0 Å². The number of anilines is 4. The second-order valence-corrected chi connectivity index (χ2v) is 12.0. The van der Waals surface area contributed by atoms with Gasteiger partial charge in [-0.05, 0) is 92.5 Å². The number of ether oxygens (including phenoxy) is 1. The third-order valence-electron chi connectivity index (χ3n) is 8.91. The van der Waals surface area contributed by atoms with Gasteiger partial charge in [0.15, 0.2) is 5.75 Å². The molecular weight excluding hydrogens is 585 g/mol. The fourth-order valence-electron chi connectivity index (χ4n) is 6.49. The second-order valence-electron chi connectivity index (χ2n) is 12.0. The van der Waals surface area contributed by atoms with Gasteiger partial charge < -0.3 is 15.4 Å². The molecule has 3 nitrogen and oxygen atoms in total. The monoisotopic (exact) mass is 618 g/mol. The van der Waals surface area contributed by atoms with E-state index in [2.05, 4.69) is 157 Å². The Morgan fingerprint density at radius 3 is 1.69 bits per heavy atom. The molecule has 0 atom stereocenters. The van der Waals surface area contributed by atoms with Gasteiger partial charge in [0.05, 0.1) is 5.69 Å². The Kier molecular flexibility index (Phi) is 7.77. The van der Waals surface area contributed by atoms with Crippen LogP contribution in [0.4, 0.5) is 22.7 Å². The summed E-state index contributed by atoms with van der Waals surface area (Å²) in [7, 11) is 0. The molecule has 0 amide bonds. The smallest absolute Gasteiger partial charge is 0.150 e. The summed E-state index contributed by atoms with van der Waals surface area (Å²) in [6, 6.07) is 63.7. The molecule has 0 unspecified atom stereocenters. The number of nitrogens with zero attached hydrogens (tertiary/aromatic N) is 1. The zero-order valence-electron chi connectivity index (χ0n) is 26.5. The van der Waals surface area contributed by atoms with Gasteiger partial charge in [0, 0.05) is 22.4 Å². The Morgan fingerprint density at radius 1 is 0.438 bits per heavy atom. The minimum Gasteiger partial charge on any atom is -0.486 e. The van der Waals surface area contributed by atoms with Gasteiger partial charge in [-0.25, -0.2) is 0 Å². The van der Waals surface area contributed by atoms with Gasteiger partial charge in [-0.1, -0.05) is 133 Å². The second kappa shape index (κ2) is 12.8. The van der Waals surface area contributed by atoms with Gasteiger partial charge in [-0.3, -0.25) is 0 Å². The van der Waals surface area contributed by atoms with Crippen molar-refractivity contribution in [2.75, 3.05) is 10.6 Å². The maximum atomic E-state index is 6.67. The van der Waals surface area contributed by atoms with E-state index in [0.717, 1.165) is 50.3 Å². The largest absolute Gasteiger partial charge is 0.486 e. The minimum absolute atomic E-state index is 0.460. The van der Waals surface area contributed by atoms with Crippen LogP contribution in [0.5, 0.6) is 5.75 Å². The predicted molar refractivity (Wildman–Crippen MR) is 202 cm³/mol. The van der Waals surface area contributed by atoms with E-state index in [9.17, 15) is 0 Å². The number of fused-ring (bicyclic) bond motifs is 2. The summed E-state index contributed by atoms with van der Waals surface area (Å²) in [5, 5.41) is 4.60. The topological polar surface area (TPSA) is 38.5 Å². The lowest BCUT2D eigenvalue weighted by molar-refractivity contribution is 0.312. The number of benzene rings is 8. The van der Waals surface area contributed by atoms with Gasteiger partial charge in [-0.15, -0.1) is 0 Å². The van der Waals surface area contributed by atoms with Crippen molar-refractivity contribution in [2.24, 2.45) is 0 Å². The van der Waals surface area contributed by atoms with E-state index in [4.69, 9.17) is 10.5 Å². The van der Waals surface area contributed by atoms with E-state index < -0.39 is 0 Å². The van der Waals surface area contributed by atoms with E-state index in [0.29, 0.717) is 12.3 Å². The number of rotatable bonds is 8. The molecule has 0 fully saturated rings. The molecule has 8 aromatic carbocycles. The normalized spacial score (nSPS) is 11.1. The third kappa shape index (κ3) is 5.74. The SMILES string of the molecule is Nc1cc(-c2ccc(N(c3ccccc3)c3ccc(-c4ccc5ccccc5c4)cc3)cc2)c2ccccc2c1OCc1ccccc1. The zero-order valence-corrected chi connectivity index (χ0v) is 26.5. The van der Waals surface area contributed by atoms with Crippen LogP contribution in [-0.4, -0.2) is 0 Å². The van der Waals surface area contributed by atoms with E-state index in [1.165, 1.54) is 21.9 Å². The summed E-state index contributed by atoms with van der Waals surface area (Å²) in [6.07, 6.45) is 0. The van der Waals surface area contributed by atoms with Crippen molar-refractivity contribution in [3.63, 3.8) is 0 Å². The fraction of sp³-hybridized carbons (Fsp3) is 0.0222. The van der Waals surface area contributed by atoms with Crippen molar-refractivity contribution < 1.29 is 4.74 Å². The lowest BCUT2D eigenvalue weighted by atomic mass is 9.96. The van der Waals surface area contributed by atoms with Crippen molar-refractivity contribution in [1.29, 1.82) is 0 Å². The first-order chi connectivity index (χ1) is 23.7. The zero-order chi connectivity index (χ0) is 32.3. The van der Waals surface area contributed by atoms with Crippen molar-refractivity contribution in [3.8, 4) is 28.0 Å². The summed E-state index contributed by atoms with van der Waals surface area (Å²) >= 11 is 0. The van der Waals surface area contributed by atoms with Crippen LogP contribution >= 0.6 is 0 Å². The first-order valence-corrected chi connectivity index (χ1v) is 16.2. The van der Waals surface area contributed by atoms with Gasteiger partial charge in [0.2, 0.25) is 0 Å². The molecule has 2 N–H and O–H groups in total.